The average Bonchev–Trinajstić information content (AvgIpc) is 2.49. The number of rotatable bonds is 5. The van der Waals surface area contributed by atoms with Crippen LogP contribution in [0.3, 0.4) is 0 Å². The van der Waals surface area contributed by atoms with Gasteiger partial charge in [-0.25, -0.2) is 0 Å². The quantitative estimate of drug-likeness (QED) is 0.823. The minimum Gasteiger partial charge on any atom is -0.315 e. The van der Waals surface area contributed by atoms with E-state index < -0.39 is 0 Å². The standard InChI is InChI=1S/C16H16ClNOS/c1-18(15-5-3-2-4-6-15)16(19)12-20-11-13-7-9-14(17)10-8-13/h2-10H,11-12H2,1H3. The summed E-state index contributed by atoms with van der Waals surface area (Å²) in [5, 5.41) is 0.735. The summed E-state index contributed by atoms with van der Waals surface area (Å²) >= 11 is 7.45. The first-order chi connectivity index (χ1) is 9.66. The Morgan fingerprint density at radius 1 is 1.10 bits per heavy atom. The fraction of sp³-hybridized carbons (Fsp3) is 0.188. The number of hydrogen-bond donors (Lipinski definition) is 0. The first kappa shape index (κ1) is 14.9. The highest BCUT2D eigenvalue weighted by molar-refractivity contribution is 7.99. The second-order valence-corrected chi connectivity index (χ2v) is 5.83. The number of benzene rings is 2. The molecule has 1 amide bonds. The van der Waals surface area contributed by atoms with Gasteiger partial charge in [0, 0.05) is 23.5 Å². The molecule has 20 heavy (non-hydrogen) atoms. The number of thioether (sulfide) groups is 1. The molecule has 4 heteroatoms. The molecule has 0 aliphatic rings. The molecule has 2 nitrogen and oxygen atoms in total. The van der Waals surface area contributed by atoms with Gasteiger partial charge in [0.25, 0.3) is 0 Å². The summed E-state index contributed by atoms with van der Waals surface area (Å²) in [5.74, 6) is 1.38. The van der Waals surface area contributed by atoms with E-state index in [2.05, 4.69) is 0 Å². The van der Waals surface area contributed by atoms with E-state index in [1.807, 2.05) is 54.6 Å². The van der Waals surface area contributed by atoms with E-state index in [0.29, 0.717) is 5.75 Å². The Morgan fingerprint density at radius 2 is 1.75 bits per heavy atom. The van der Waals surface area contributed by atoms with E-state index in [4.69, 9.17) is 11.6 Å². The van der Waals surface area contributed by atoms with Gasteiger partial charge in [0.2, 0.25) is 5.91 Å². The molecule has 0 bridgehead atoms. The van der Waals surface area contributed by atoms with Gasteiger partial charge in [0.15, 0.2) is 0 Å². The number of amides is 1. The van der Waals surface area contributed by atoms with Gasteiger partial charge in [-0.2, -0.15) is 0 Å². The van der Waals surface area contributed by atoms with Crippen LogP contribution in [0.1, 0.15) is 5.56 Å². The van der Waals surface area contributed by atoms with Crippen LogP contribution in [0.15, 0.2) is 54.6 Å². The number of hydrogen-bond acceptors (Lipinski definition) is 2. The molecular formula is C16H16ClNOS. The third kappa shape index (κ3) is 4.29. The SMILES string of the molecule is CN(C(=O)CSCc1ccc(Cl)cc1)c1ccccc1. The lowest BCUT2D eigenvalue weighted by Gasteiger charge is -2.16. The largest absolute Gasteiger partial charge is 0.315 e. The molecule has 2 aromatic rings. The van der Waals surface area contributed by atoms with Crippen molar-refractivity contribution < 1.29 is 4.79 Å². The fourth-order valence-corrected chi connectivity index (χ4v) is 2.75. The minimum absolute atomic E-state index is 0.107. The van der Waals surface area contributed by atoms with Gasteiger partial charge in [-0.3, -0.25) is 4.79 Å². The normalized spacial score (nSPS) is 10.3. The molecule has 104 valence electrons. The van der Waals surface area contributed by atoms with Gasteiger partial charge in [-0.05, 0) is 29.8 Å². The van der Waals surface area contributed by atoms with Gasteiger partial charge >= 0.3 is 0 Å². The highest BCUT2D eigenvalue weighted by atomic mass is 35.5. The lowest BCUT2D eigenvalue weighted by molar-refractivity contribution is -0.115. The zero-order valence-electron chi connectivity index (χ0n) is 11.3. The van der Waals surface area contributed by atoms with Crippen molar-refractivity contribution in [1.82, 2.24) is 0 Å². The maximum atomic E-state index is 12.1. The summed E-state index contributed by atoms with van der Waals surface area (Å²) < 4.78 is 0. The predicted octanol–water partition coefficient (Wildman–Crippen LogP) is 4.24. The highest BCUT2D eigenvalue weighted by Crippen LogP contribution is 2.17. The number of nitrogens with zero attached hydrogens (tertiary/aromatic N) is 1. The van der Waals surface area contributed by atoms with Crippen LogP contribution in [0, 0.1) is 0 Å². The first-order valence-corrected chi connectivity index (χ1v) is 7.84. The van der Waals surface area contributed by atoms with Gasteiger partial charge in [0.1, 0.15) is 0 Å². The van der Waals surface area contributed by atoms with Gasteiger partial charge < -0.3 is 4.90 Å². The molecule has 0 heterocycles. The third-order valence-corrected chi connectivity index (χ3v) is 4.17. The number of carbonyl (C=O) groups is 1. The molecule has 0 unspecified atom stereocenters. The molecule has 2 rings (SSSR count). The van der Waals surface area contributed by atoms with Gasteiger partial charge in [0.05, 0.1) is 5.75 Å². The fourth-order valence-electron chi connectivity index (χ4n) is 1.73. The monoisotopic (exact) mass is 305 g/mol. The molecule has 0 saturated carbocycles. The van der Waals surface area contributed by atoms with Crippen molar-refractivity contribution in [2.75, 3.05) is 17.7 Å². The van der Waals surface area contributed by atoms with Crippen molar-refractivity contribution in [1.29, 1.82) is 0 Å². The second-order valence-electron chi connectivity index (χ2n) is 4.41. The van der Waals surface area contributed by atoms with Crippen molar-refractivity contribution in [3.05, 3.63) is 65.2 Å². The molecule has 2 aromatic carbocycles. The molecule has 0 aromatic heterocycles. The molecule has 0 atom stereocenters. The molecule has 0 N–H and O–H groups in total. The average molecular weight is 306 g/mol. The maximum Gasteiger partial charge on any atom is 0.236 e. The number of para-hydroxylation sites is 1. The van der Waals surface area contributed by atoms with E-state index >= 15 is 0 Å². The van der Waals surface area contributed by atoms with Crippen LogP contribution in [0.5, 0.6) is 0 Å². The predicted molar refractivity (Wildman–Crippen MR) is 87.5 cm³/mol. The van der Waals surface area contributed by atoms with Crippen LogP contribution in [0.25, 0.3) is 0 Å². The maximum absolute atomic E-state index is 12.1. The zero-order valence-corrected chi connectivity index (χ0v) is 12.8. The Labute approximate surface area is 128 Å². The van der Waals surface area contributed by atoms with E-state index in [9.17, 15) is 4.79 Å². The van der Waals surface area contributed by atoms with Crippen LogP contribution in [0.4, 0.5) is 5.69 Å². The smallest absolute Gasteiger partial charge is 0.236 e. The van der Waals surface area contributed by atoms with Gasteiger partial charge in [-0.15, -0.1) is 11.8 Å². The molecule has 0 aliphatic heterocycles. The summed E-state index contributed by atoms with van der Waals surface area (Å²) in [7, 11) is 1.81. The Morgan fingerprint density at radius 3 is 2.40 bits per heavy atom. The molecule has 0 fully saturated rings. The number of halogens is 1. The van der Waals surface area contributed by atoms with E-state index in [0.717, 1.165) is 16.5 Å². The van der Waals surface area contributed by atoms with Crippen LogP contribution in [0.2, 0.25) is 5.02 Å². The second kappa shape index (κ2) is 7.36. The van der Waals surface area contributed by atoms with E-state index in [1.165, 1.54) is 5.56 Å². The highest BCUT2D eigenvalue weighted by Gasteiger charge is 2.10. The van der Waals surface area contributed by atoms with Crippen LogP contribution in [-0.4, -0.2) is 18.7 Å². The summed E-state index contributed by atoms with van der Waals surface area (Å²) in [6.45, 7) is 0. The van der Waals surface area contributed by atoms with Crippen molar-refractivity contribution in [3.8, 4) is 0 Å². The molecular weight excluding hydrogens is 290 g/mol. The summed E-state index contributed by atoms with van der Waals surface area (Å²) in [5.41, 5.74) is 2.10. The van der Waals surface area contributed by atoms with Crippen molar-refractivity contribution >= 4 is 35.0 Å². The van der Waals surface area contributed by atoms with Crippen LogP contribution in [-0.2, 0) is 10.5 Å². The number of anilines is 1. The van der Waals surface area contributed by atoms with Gasteiger partial charge in [-0.1, -0.05) is 41.9 Å². The molecule has 0 spiro atoms. The summed E-state index contributed by atoms with van der Waals surface area (Å²) in [6.07, 6.45) is 0. The Balaban J connectivity index is 1.82. The molecule has 0 saturated heterocycles. The van der Waals surface area contributed by atoms with Crippen molar-refractivity contribution in [3.63, 3.8) is 0 Å². The lowest BCUT2D eigenvalue weighted by Crippen LogP contribution is -2.27. The Hall–Kier alpha value is -1.45. The van der Waals surface area contributed by atoms with E-state index in [-0.39, 0.29) is 5.91 Å². The van der Waals surface area contributed by atoms with Crippen LogP contribution < -0.4 is 4.90 Å². The molecule has 0 aliphatic carbocycles. The number of carbonyl (C=O) groups excluding carboxylic acids is 1. The third-order valence-electron chi connectivity index (χ3n) is 2.93. The first-order valence-electron chi connectivity index (χ1n) is 6.30. The van der Waals surface area contributed by atoms with Crippen molar-refractivity contribution in [2.24, 2.45) is 0 Å². The lowest BCUT2D eigenvalue weighted by atomic mass is 10.2. The van der Waals surface area contributed by atoms with Crippen molar-refractivity contribution in [2.45, 2.75) is 5.75 Å². The summed E-state index contributed by atoms with van der Waals surface area (Å²) in [6, 6.07) is 17.4. The van der Waals surface area contributed by atoms with Crippen LogP contribution >= 0.6 is 23.4 Å². The Bertz CT molecular complexity index is 556. The van der Waals surface area contributed by atoms with E-state index in [1.54, 1.807) is 23.7 Å². The minimum atomic E-state index is 0.107. The Kier molecular flexibility index (Phi) is 5.50. The zero-order chi connectivity index (χ0) is 14.4. The molecule has 0 radical (unpaired) electrons. The topological polar surface area (TPSA) is 20.3 Å². The summed E-state index contributed by atoms with van der Waals surface area (Å²) in [4.78, 5) is 13.8.